The Labute approximate surface area is 185 Å². The SMILES string of the molecule is COc1cccc(-c2csc(/C(C#N)=C/Nc3ccccc3OC(F)(F)[C@@H](F)Cl)n2)c1. The summed E-state index contributed by atoms with van der Waals surface area (Å²) in [7, 11) is 1.56. The molecule has 0 aliphatic carbocycles. The van der Waals surface area contributed by atoms with Crippen LogP contribution in [0.4, 0.5) is 18.9 Å². The van der Waals surface area contributed by atoms with Gasteiger partial charge in [0.25, 0.3) is 5.63 Å². The van der Waals surface area contributed by atoms with Gasteiger partial charge in [-0.1, -0.05) is 35.9 Å². The number of nitrogens with one attached hydrogen (secondary N) is 1. The van der Waals surface area contributed by atoms with Crippen LogP contribution in [-0.2, 0) is 0 Å². The van der Waals surface area contributed by atoms with Crippen LogP contribution < -0.4 is 14.8 Å². The number of hydrogen-bond donors (Lipinski definition) is 1. The molecule has 1 heterocycles. The molecule has 10 heteroatoms. The molecule has 0 saturated heterocycles. The molecule has 0 aliphatic heterocycles. The molecule has 0 bridgehead atoms. The minimum atomic E-state index is -4.22. The molecule has 2 aromatic carbocycles. The first-order valence-corrected chi connectivity index (χ1v) is 10.1. The molecule has 160 valence electrons. The van der Waals surface area contributed by atoms with E-state index in [0.717, 1.165) is 5.56 Å². The van der Waals surface area contributed by atoms with Gasteiger partial charge in [-0.3, -0.25) is 0 Å². The number of rotatable bonds is 8. The van der Waals surface area contributed by atoms with Crippen molar-refractivity contribution in [3.8, 4) is 28.8 Å². The zero-order valence-corrected chi connectivity index (χ0v) is 17.6. The lowest BCUT2D eigenvalue weighted by Gasteiger charge is -2.19. The van der Waals surface area contributed by atoms with Crippen LogP contribution in [0.25, 0.3) is 16.8 Å². The zero-order valence-electron chi connectivity index (χ0n) is 16.0. The molecule has 0 aliphatic rings. The summed E-state index contributed by atoms with van der Waals surface area (Å²) in [6, 6.07) is 15.0. The van der Waals surface area contributed by atoms with Crippen LogP contribution in [0.3, 0.4) is 0 Å². The molecule has 31 heavy (non-hydrogen) atoms. The third-order valence-electron chi connectivity index (χ3n) is 3.98. The third kappa shape index (κ3) is 5.48. The van der Waals surface area contributed by atoms with Gasteiger partial charge in [-0.15, -0.1) is 11.3 Å². The number of nitriles is 1. The Kier molecular flexibility index (Phi) is 7.05. The number of aromatic nitrogens is 1. The van der Waals surface area contributed by atoms with Crippen molar-refractivity contribution in [2.45, 2.75) is 11.7 Å². The zero-order chi connectivity index (χ0) is 22.4. The van der Waals surface area contributed by atoms with E-state index in [1.807, 2.05) is 24.3 Å². The Hall–Kier alpha value is -3.22. The highest BCUT2D eigenvalue weighted by Gasteiger charge is 2.42. The van der Waals surface area contributed by atoms with Crippen LogP contribution in [0, 0.1) is 11.3 Å². The van der Waals surface area contributed by atoms with E-state index in [1.165, 1.54) is 35.7 Å². The van der Waals surface area contributed by atoms with E-state index in [0.29, 0.717) is 16.5 Å². The maximum absolute atomic E-state index is 13.5. The van der Waals surface area contributed by atoms with Gasteiger partial charge < -0.3 is 14.8 Å². The number of halogens is 4. The number of para-hydroxylation sites is 2. The third-order valence-corrected chi connectivity index (χ3v) is 5.11. The first-order valence-electron chi connectivity index (χ1n) is 8.75. The van der Waals surface area contributed by atoms with Crippen molar-refractivity contribution in [2.75, 3.05) is 12.4 Å². The van der Waals surface area contributed by atoms with Gasteiger partial charge >= 0.3 is 6.11 Å². The molecule has 0 amide bonds. The quantitative estimate of drug-likeness (QED) is 0.312. The van der Waals surface area contributed by atoms with E-state index in [2.05, 4.69) is 15.0 Å². The Morgan fingerprint density at radius 3 is 2.77 bits per heavy atom. The second-order valence-electron chi connectivity index (χ2n) is 6.04. The van der Waals surface area contributed by atoms with Crippen LogP contribution in [0.1, 0.15) is 5.01 Å². The van der Waals surface area contributed by atoms with Crippen LogP contribution >= 0.6 is 22.9 Å². The summed E-state index contributed by atoms with van der Waals surface area (Å²) in [5, 5.41) is 14.5. The van der Waals surface area contributed by atoms with E-state index in [9.17, 15) is 18.4 Å². The number of anilines is 1. The number of ether oxygens (including phenoxy) is 2. The Morgan fingerprint density at radius 1 is 1.29 bits per heavy atom. The Balaban J connectivity index is 1.83. The van der Waals surface area contributed by atoms with Crippen molar-refractivity contribution in [3.63, 3.8) is 0 Å². The highest BCUT2D eigenvalue weighted by Crippen LogP contribution is 2.34. The van der Waals surface area contributed by atoms with Crippen molar-refractivity contribution in [1.29, 1.82) is 5.26 Å². The van der Waals surface area contributed by atoms with Crippen LogP contribution in [0.5, 0.6) is 11.5 Å². The predicted molar refractivity (Wildman–Crippen MR) is 114 cm³/mol. The van der Waals surface area contributed by atoms with E-state index < -0.39 is 11.7 Å². The summed E-state index contributed by atoms with van der Waals surface area (Å²) in [5.41, 5.74) is -1.29. The maximum atomic E-state index is 13.5. The molecule has 0 unspecified atom stereocenters. The van der Waals surface area contributed by atoms with Gasteiger partial charge in [0, 0.05) is 17.1 Å². The molecule has 0 fully saturated rings. The second kappa shape index (κ2) is 9.73. The number of benzene rings is 2. The van der Waals surface area contributed by atoms with Crippen LogP contribution in [0.2, 0.25) is 0 Å². The van der Waals surface area contributed by atoms with Crippen molar-refractivity contribution in [2.24, 2.45) is 0 Å². The fraction of sp³-hybridized carbons (Fsp3) is 0.143. The highest BCUT2D eigenvalue weighted by atomic mass is 35.5. The fourth-order valence-electron chi connectivity index (χ4n) is 2.47. The first-order chi connectivity index (χ1) is 14.8. The molecule has 1 atom stereocenters. The topological polar surface area (TPSA) is 67.2 Å². The van der Waals surface area contributed by atoms with Crippen molar-refractivity contribution in [1.82, 2.24) is 4.98 Å². The van der Waals surface area contributed by atoms with Gasteiger partial charge in [-0.25, -0.2) is 9.37 Å². The van der Waals surface area contributed by atoms with Crippen molar-refractivity contribution < 1.29 is 22.6 Å². The van der Waals surface area contributed by atoms with E-state index in [1.54, 1.807) is 24.6 Å². The molecule has 0 radical (unpaired) electrons. The maximum Gasteiger partial charge on any atom is 0.444 e. The fourth-order valence-corrected chi connectivity index (χ4v) is 3.31. The molecule has 3 aromatic rings. The van der Waals surface area contributed by atoms with Crippen LogP contribution in [-0.4, -0.2) is 23.8 Å². The second-order valence-corrected chi connectivity index (χ2v) is 7.29. The average Bonchev–Trinajstić information content (AvgIpc) is 3.25. The molecule has 3 rings (SSSR count). The molecule has 0 spiro atoms. The van der Waals surface area contributed by atoms with Crippen molar-refractivity contribution >= 4 is 34.2 Å². The normalized spacial score (nSPS) is 12.7. The van der Waals surface area contributed by atoms with Gasteiger partial charge in [0.2, 0.25) is 0 Å². The summed E-state index contributed by atoms with van der Waals surface area (Å²) in [6.45, 7) is 0. The number of thiazole rings is 1. The lowest BCUT2D eigenvalue weighted by atomic mass is 10.1. The molecule has 0 saturated carbocycles. The number of methoxy groups -OCH3 is 1. The first kappa shape index (κ1) is 22.5. The van der Waals surface area contributed by atoms with Gasteiger partial charge in [0.05, 0.1) is 18.5 Å². The number of allylic oxidation sites excluding steroid dienone is 1. The largest absolute Gasteiger partial charge is 0.497 e. The summed E-state index contributed by atoms with van der Waals surface area (Å²) in [4.78, 5) is 4.46. The monoisotopic (exact) mass is 465 g/mol. The average molecular weight is 466 g/mol. The van der Waals surface area contributed by atoms with E-state index in [-0.39, 0.29) is 17.0 Å². The van der Waals surface area contributed by atoms with Crippen molar-refractivity contribution in [3.05, 3.63) is 65.1 Å². The summed E-state index contributed by atoms with van der Waals surface area (Å²) >= 11 is 6.08. The number of nitrogens with zero attached hydrogens (tertiary/aromatic N) is 2. The Morgan fingerprint density at radius 2 is 2.06 bits per heavy atom. The standard InChI is InChI=1S/C21H15ClF3N3O2S/c1-29-15-6-4-5-13(9-15)17-12-31-19(28-17)14(10-26)11-27-16-7-2-3-8-18(16)30-21(24,25)20(22)23/h2-9,11-12,20,27H,1H3/b14-11+/t20-/m1/s1. The van der Waals surface area contributed by atoms with Gasteiger partial charge in [0.15, 0.2) is 0 Å². The Bertz CT molecular complexity index is 1130. The molecule has 1 N–H and O–H groups in total. The summed E-state index contributed by atoms with van der Waals surface area (Å²) in [5.74, 6) is 0.339. The molecular weight excluding hydrogens is 451 g/mol. The summed E-state index contributed by atoms with van der Waals surface area (Å²) in [6.07, 6.45) is -2.91. The van der Waals surface area contributed by atoms with E-state index in [4.69, 9.17) is 16.3 Å². The molecule has 1 aromatic heterocycles. The number of alkyl halides is 4. The molecular formula is C21H15ClF3N3O2S. The lowest BCUT2D eigenvalue weighted by Crippen LogP contribution is -2.33. The lowest BCUT2D eigenvalue weighted by molar-refractivity contribution is -0.198. The smallest absolute Gasteiger partial charge is 0.444 e. The summed E-state index contributed by atoms with van der Waals surface area (Å²) < 4.78 is 49.5. The minimum absolute atomic E-state index is 0.0943. The predicted octanol–water partition coefficient (Wildman–Crippen LogP) is 6.30. The van der Waals surface area contributed by atoms with Gasteiger partial charge in [-0.2, -0.15) is 14.0 Å². The van der Waals surface area contributed by atoms with Crippen LogP contribution in [0.15, 0.2) is 60.1 Å². The highest BCUT2D eigenvalue weighted by molar-refractivity contribution is 7.11. The van der Waals surface area contributed by atoms with Gasteiger partial charge in [0.1, 0.15) is 28.1 Å². The number of hydrogen-bond acceptors (Lipinski definition) is 6. The molecule has 5 nitrogen and oxygen atoms in total. The minimum Gasteiger partial charge on any atom is -0.497 e. The van der Waals surface area contributed by atoms with E-state index >= 15 is 0 Å². The van der Waals surface area contributed by atoms with Gasteiger partial charge in [-0.05, 0) is 24.3 Å².